The van der Waals surface area contributed by atoms with Crippen molar-refractivity contribution in [3.8, 4) is 11.5 Å². The molecule has 23 heavy (non-hydrogen) atoms. The van der Waals surface area contributed by atoms with Crippen LogP contribution in [0.25, 0.3) is 0 Å². The first kappa shape index (κ1) is 6.57. The molecule has 2 aliphatic rings. The molecule has 1 saturated heterocycles. The van der Waals surface area contributed by atoms with Gasteiger partial charge in [0.2, 0.25) is 0 Å². The Labute approximate surface area is 159 Å². The largest absolute Gasteiger partial charge is 0.493 e. The summed E-state index contributed by atoms with van der Waals surface area (Å²) in [7, 11) is -1.77. The van der Waals surface area contributed by atoms with Gasteiger partial charge >= 0.3 is 0 Å². The highest BCUT2D eigenvalue weighted by Gasteiger charge is 2.38. The Morgan fingerprint density at radius 1 is 1.57 bits per heavy atom. The van der Waals surface area contributed by atoms with Gasteiger partial charge in [-0.2, -0.15) is 0 Å². The molecule has 4 atom stereocenters. The van der Waals surface area contributed by atoms with E-state index in [1.54, 1.807) is 0 Å². The van der Waals surface area contributed by atoms with Crippen LogP contribution in [0.4, 0.5) is 0 Å². The second-order valence-corrected chi connectivity index (χ2v) is 5.59. The van der Waals surface area contributed by atoms with Crippen molar-refractivity contribution >= 4 is 0 Å². The van der Waals surface area contributed by atoms with Crippen molar-refractivity contribution < 1.29 is 33.8 Å². The van der Waals surface area contributed by atoms with Gasteiger partial charge in [0.05, 0.1) is 25.7 Å². The van der Waals surface area contributed by atoms with Crippen LogP contribution in [-0.4, -0.2) is 43.3 Å². The first-order valence-corrected chi connectivity index (χ1v) is 7.24. The van der Waals surface area contributed by atoms with Gasteiger partial charge in [-0.3, -0.25) is 4.90 Å². The predicted molar refractivity (Wildman–Crippen MR) is 91.1 cm³/mol. The smallest absolute Gasteiger partial charge is 0.161 e. The Hall–Kier alpha value is -1.26. The zero-order valence-corrected chi connectivity index (χ0v) is 12.9. The lowest BCUT2D eigenvalue weighted by atomic mass is 9.79. The van der Waals surface area contributed by atoms with Gasteiger partial charge in [0.15, 0.2) is 11.5 Å². The lowest BCUT2D eigenvalue weighted by Gasteiger charge is -2.46. The molecular weight excluding hydrogens is 290 g/mol. The fourth-order valence-corrected chi connectivity index (χ4v) is 2.94. The number of hydrogen-bond acceptors (Lipinski definition) is 4. The van der Waals surface area contributed by atoms with Crippen LogP contribution in [0.2, 0.25) is 0 Å². The Morgan fingerprint density at radius 2 is 2.39 bits per heavy atom. The van der Waals surface area contributed by atoms with Gasteiger partial charge in [-0.1, -0.05) is 13.8 Å². The molecule has 0 aliphatic carbocycles. The highest BCUT2D eigenvalue weighted by molar-refractivity contribution is 5.49. The third kappa shape index (κ3) is 3.20. The second kappa shape index (κ2) is 6.70. The number of aliphatic hydroxyl groups is 1. The quantitative estimate of drug-likeness (QED) is 0.920. The van der Waals surface area contributed by atoms with E-state index in [4.69, 9.17) is 27.3 Å². The normalized spacial score (nSPS) is 48.3. The minimum Gasteiger partial charge on any atom is -0.493 e. The first-order chi connectivity index (χ1) is 16.4. The molecule has 0 spiro atoms. The van der Waals surface area contributed by atoms with Crippen molar-refractivity contribution in [3.63, 3.8) is 0 Å². The number of nitrogens with zero attached hydrogens (tertiary/aromatic N) is 1. The summed E-state index contributed by atoms with van der Waals surface area (Å²) < 4.78 is 124. The average Bonchev–Trinajstić information content (AvgIpc) is 2.69. The highest BCUT2D eigenvalue weighted by atomic mass is 16.5. The highest BCUT2D eigenvalue weighted by Crippen LogP contribution is 2.43. The summed E-state index contributed by atoms with van der Waals surface area (Å²) in [4.78, 5) is 0.693. The van der Waals surface area contributed by atoms with E-state index in [2.05, 4.69) is 0 Å². The van der Waals surface area contributed by atoms with Crippen LogP contribution in [0.1, 0.15) is 62.9 Å². The van der Waals surface area contributed by atoms with Crippen LogP contribution in [-0.2, 0) is 6.37 Å². The van der Waals surface area contributed by atoms with Crippen LogP contribution in [0, 0.1) is 11.8 Å². The predicted octanol–water partition coefficient (Wildman–Crippen LogP) is 3.03. The number of hydrogen-bond donors (Lipinski definition) is 1. The van der Waals surface area contributed by atoms with Crippen molar-refractivity contribution in [2.75, 3.05) is 27.2 Å². The minimum atomic E-state index is -3.12. The number of rotatable bonds is 4. The molecule has 0 aromatic heterocycles. The monoisotopic (exact) mass is 333 g/mol. The molecule has 2 heterocycles. The Kier molecular flexibility index (Phi) is 1.91. The molecule has 0 bridgehead atoms. The van der Waals surface area contributed by atoms with Crippen molar-refractivity contribution in [2.24, 2.45) is 11.8 Å². The van der Waals surface area contributed by atoms with Crippen molar-refractivity contribution in [1.29, 1.82) is 0 Å². The fourth-order valence-electron chi connectivity index (χ4n) is 2.94. The van der Waals surface area contributed by atoms with Crippen LogP contribution in [0.15, 0.2) is 12.1 Å². The molecule has 1 aromatic rings. The number of fused-ring (bicyclic) bond motifs is 3. The van der Waals surface area contributed by atoms with Crippen molar-refractivity contribution in [3.05, 3.63) is 23.3 Å². The van der Waals surface area contributed by atoms with E-state index >= 15 is 0 Å². The van der Waals surface area contributed by atoms with Crippen molar-refractivity contribution in [1.82, 2.24) is 4.90 Å². The Morgan fingerprint density at radius 3 is 3.13 bits per heavy atom. The molecule has 3 rings (SSSR count). The van der Waals surface area contributed by atoms with Gasteiger partial charge in [-0.15, -0.1) is 0 Å². The lowest BCUT2D eigenvalue weighted by Crippen LogP contribution is -2.48. The molecule has 0 radical (unpaired) electrons. The van der Waals surface area contributed by atoms with Crippen LogP contribution in [0.3, 0.4) is 0 Å². The van der Waals surface area contributed by atoms with Crippen LogP contribution in [0.5, 0.6) is 11.5 Å². The number of aryl methyl sites for hydroxylation is 1. The lowest BCUT2D eigenvalue weighted by molar-refractivity contribution is -0.0191. The number of benzene rings is 1. The maximum absolute atomic E-state index is 11.0. The van der Waals surface area contributed by atoms with E-state index in [9.17, 15) is 6.48 Å². The standard InChI is InChI=1S/C19H29NO3/c1-12(2)7-14-11-20-6-5-13-8-18(22-3)19(23-4)9-15(13)16(20)10-17(14)21/h8-9,12,14,16-17,21H,5-7,10-11H2,1-4H3/i1D3,4D3,5D2,6D2,7D2,12D,16D. The molecule has 4 nitrogen and oxygen atoms in total. The van der Waals surface area contributed by atoms with E-state index < -0.39 is 70.0 Å². The maximum atomic E-state index is 11.0. The summed E-state index contributed by atoms with van der Waals surface area (Å²) in [5.41, 5.74) is -0.574. The molecule has 1 aromatic carbocycles. The fraction of sp³-hybridized carbons (Fsp3) is 0.684. The second-order valence-electron chi connectivity index (χ2n) is 5.59. The third-order valence-electron chi connectivity index (χ3n) is 4.02. The Bertz CT molecular complexity index is 1050. The van der Waals surface area contributed by atoms with Gasteiger partial charge in [0.1, 0.15) is 0 Å². The van der Waals surface area contributed by atoms with E-state index in [1.165, 1.54) is 7.11 Å². The summed E-state index contributed by atoms with van der Waals surface area (Å²) >= 11 is 0. The number of aliphatic hydroxyl groups excluding tert-OH is 1. The average molecular weight is 334 g/mol. The number of methoxy groups -OCH3 is 2. The SMILES string of the molecule is [2H]C([2H])([2H])Oc1cc2c(cc1OC)C([2H])([2H])C([2H])([2H])N1CC(C([2H])([2H])C([2H])(C)C([2H])([2H])[2H])C(O)CC21[2H]. The number of piperidine rings is 1. The topological polar surface area (TPSA) is 41.9 Å². The van der Waals surface area contributed by atoms with Gasteiger partial charge in [-0.05, 0) is 54.2 Å². The number of ether oxygens (including phenoxy) is 2. The summed E-state index contributed by atoms with van der Waals surface area (Å²) in [6.45, 7) is -6.06. The molecule has 0 saturated carbocycles. The van der Waals surface area contributed by atoms with Gasteiger partial charge in [-0.25, -0.2) is 0 Å². The van der Waals surface area contributed by atoms with Gasteiger partial charge in [0, 0.05) is 32.8 Å². The van der Waals surface area contributed by atoms with Gasteiger partial charge in [0.25, 0.3) is 0 Å². The molecule has 1 N–H and O–H groups in total. The van der Waals surface area contributed by atoms with E-state index in [0.29, 0.717) is 4.90 Å². The molecule has 1 fully saturated rings. The van der Waals surface area contributed by atoms with Crippen LogP contribution < -0.4 is 9.47 Å². The molecule has 128 valence electrons. The Balaban J connectivity index is 2.23. The zero-order chi connectivity index (χ0) is 28.8. The summed E-state index contributed by atoms with van der Waals surface area (Å²) in [5, 5.41) is 11.0. The van der Waals surface area contributed by atoms with Crippen molar-refractivity contribution in [2.45, 2.75) is 45.1 Å². The minimum absolute atomic E-state index is 0.222. The molecule has 4 unspecified atom stereocenters. The van der Waals surface area contributed by atoms with E-state index in [1.807, 2.05) is 0 Å². The molecule has 2 aliphatic heterocycles. The summed E-state index contributed by atoms with van der Waals surface area (Å²) in [5.74, 6) is -5.02. The first-order valence-electron chi connectivity index (χ1n) is 14.2. The molecule has 0 amide bonds. The summed E-state index contributed by atoms with van der Waals surface area (Å²) in [6, 6.07) is -0.171. The van der Waals surface area contributed by atoms with Gasteiger partial charge < -0.3 is 14.6 Å². The molecular formula is C19H29NO3. The third-order valence-corrected chi connectivity index (χ3v) is 4.02. The maximum Gasteiger partial charge on any atom is 0.161 e. The van der Waals surface area contributed by atoms with Crippen LogP contribution >= 0.6 is 0 Å². The zero-order valence-electron chi connectivity index (χ0n) is 26.9. The summed E-state index contributed by atoms with van der Waals surface area (Å²) in [6.07, 6.45) is -8.21. The van der Waals surface area contributed by atoms with E-state index in [0.717, 1.165) is 19.1 Å². The molecule has 4 heteroatoms. The van der Waals surface area contributed by atoms with E-state index in [-0.39, 0.29) is 22.6 Å².